The highest BCUT2D eigenvalue weighted by Crippen LogP contribution is 2.35. The molecule has 18 heavy (non-hydrogen) atoms. The molecule has 4 heteroatoms. The minimum atomic E-state index is -0.260. The quantitative estimate of drug-likeness (QED) is 0.595. The first kappa shape index (κ1) is 12.7. The number of esters is 1. The van der Waals surface area contributed by atoms with Crippen LogP contribution in [-0.4, -0.2) is 19.2 Å². The van der Waals surface area contributed by atoms with E-state index in [1.54, 1.807) is 32.2 Å². The molecule has 1 aliphatic rings. The number of hydrogen-bond acceptors (Lipinski definition) is 4. The summed E-state index contributed by atoms with van der Waals surface area (Å²) in [6.45, 7) is 1.76. The van der Waals surface area contributed by atoms with Crippen molar-refractivity contribution >= 4 is 5.97 Å². The van der Waals surface area contributed by atoms with Gasteiger partial charge in [0, 0.05) is 12.5 Å². The minimum absolute atomic E-state index is 0.260. The largest absolute Gasteiger partial charge is 0.493 e. The zero-order valence-corrected chi connectivity index (χ0v) is 10.8. The second kappa shape index (κ2) is 5.76. The fraction of sp³-hybridized carbons (Fsp3) is 0.500. The fourth-order valence-corrected chi connectivity index (χ4v) is 1.68. The SMILES string of the molecule is CCC(=O)Oc1ccc(OC2CCC2)c(OC)c1. The predicted octanol–water partition coefficient (Wildman–Crippen LogP) is 2.94. The molecule has 0 N–H and O–H groups in total. The average molecular weight is 250 g/mol. The van der Waals surface area contributed by atoms with Gasteiger partial charge in [0.25, 0.3) is 0 Å². The number of carbonyl (C=O) groups is 1. The van der Waals surface area contributed by atoms with Crippen molar-refractivity contribution in [2.45, 2.75) is 38.7 Å². The highest BCUT2D eigenvalue weighted by atomic mass is 16.5. The topological polar surface area (TPSA) is 44.8 Å². The fourth-order valence-electron chi connectivity index (χ4n) is 1.68. The van der Waals surface area contributed by atoms with Crippen LogP contribution in [0.4, 0.5) is 0 Å². The minimum Gasteiger partial charge on any atom is -0.493 e. The summed E-state index contributed by atoms with van der Waals surface area (Å²) in [5.74, 6) is 1.53. The lowest BCUT2D eigenvalue weighted by Crippen LogP contribution is -2.24. The Hall–Kier alpha value is -1.71. The van der Waals surface area contributed by atoms with Gasteiger partial charge in [-0.25, -0.2) is 0 Å². The van der Waals surface area contributed by atoms with E-state index in [-0.39, 0.29) is 5.97 Å². The highest BCUT2D eigenvalue weighted by Gasteiger charge is 2.21. The predicted molar refractivity (Wildman–Crippen MR) is 67.2 cm³/mol. The molecule has 4 nitrogen and oxygen atoms in total. The molecule has 1 aromatic rings. The third-order valence-corrected chi connectivity index (χ3v) is 3.00. The molecule has 1 fully saturated rings. The van der Waals surface area contributed by atoms with Crippen molar-refractivity contribution < 1.29 is 19.0 Å². The molecule has 0 spiro atoms. The van der Waals surface area contributed by atoms with E-state index in [9.17, 15) is 4.79 Å². The van der Waals surface area contributed by atoms with Gasteiger partial charge in [0.15, 0.2) is 11.5 Å². The summed E-state index contributed by atoms with van der Waals surface area (Å²) in [4.78, 5) is 11.2. The van der Waals surface area contributed by atoms with Crippen LogP contribution in [0, 0.1) is 0 Å². The monoisotopic (exact) mass is 250 g/mol. The van der Waals surface area contributed by atoms with Crippen LogP contribution in [0.3, 0.4) is 0 Å². The Kier molecular flexibility index (Phi) is 4.07. The van der Waals surface area contributed by atoms with Gasteiger partial charge in [-0.2, -0.15) is 0 Å². The van der Waals surface area contributed by atoms with Crippen LogP contribution in [0.25, 0.3) is 0 Å². The number of ether oxygens (including phenoxy) is 3. The standard InChI is InChI=1S/C14H18O4/c1-3-14(15)18-11-7-8-12(13(9-11)16-2)17-10-5-4-6-10/h7-10H,3-6H2,1-2H3. The molecule has 2 rings (SSSR count). The van der Waals surface area contributed by atoms with E-state index in [1.165, 1.54) is 6.42 Å². The lowest BCUT2D eigenvalue weighted by atomic mass is 9.96. The molecular weight excluding hydrogens is 232 g/mol. The molecule has 1 aliphatic carbocycles. The van der Waals surface area contributed by atoms with E-state index in [1.807, 2.05) is 0 Å². The Balaban J connectivity index is 2.09. The average Bonchev–Trinajstić information content (AvgIpc) is 2.34. The maximum Gasteiger partial charge on any atom is 0.310 e. The second-order valence-corrected chi connectivity index (χ2v) is 4.31. The maximum atomic E-state index is 11.2. The zero-order chi connectivity index (χ0) is 13.0. The van der Waals surface area contributed by atoms with Crippen molar-refractivity contribution in [3.05, 3.63) is 18.2 Å². The summed E-state index contributed by atoms with van der Waals surface area (Å²) in [7, 11) is 1.58. The summed E-state index contributed by atoms with van der Waals surface area (Å²) >= 11 is 0. The first-order chi connectivity index (χ1) is 8.72. The van der Waals surface area contributed by atoms with Crippen LogP contribution in [0.5, 0.6) is 17.2 Å². The normalized spacial score (nSPS) is 14.8. The highest BCUT2D eigenvalue weighted by molar-refractivity contribution is 5.72. The Morgan fingerprint density at radius 3 is 2.67 bits per heavy atom. The summed E-state index contributed by atoms with van der Waals surface area (Å²) < 4.78 is 16.2. The summed E-state index contributed by atoms with van der Waals surface area (Å²) in [5.41, 5.74) is 0. The van der Waals surface area contributed by atoms with Gasteiger partial charge >= 0.3 is 5.97 Å². The Morgan fingerprint density at radius 2 is 2.11 bits per heavy atom. The first-order valence-corrected chi connectivity index (χ1v) is 6.28. The van der Waals surface area contributed by atoms with Crippen molar-refractivity contribution in [1.82, 2.24) is 0 Å². The lowest BCUT2D eigenvalue weighted by molar-refractivity contribution is -0.134. The van der Waals surface area contributed by atoms with Crippen LogP contribution < -0.4 is 14.2 Å². The van der Waals surface area contributed by atoms with Crippen molar-refractivity contribution in [2.75, 3.05) is 7.11 Å². The molecule has 0 unspecified atom stereocenters. The molecule has 98 valence electrons. The van der Waals surface area contributed by atoms with Gasteiger partial charge in [-0.3, -0.25) is 4.79 Å². The van der Waals surface area contributed by atoms with Crippen LogP contribution in [0.1, 0.15) is 32.6 Å². The third kappa shape index (κ3) is 2.94. The summed E-state index contributed by atoms with van der Waals surface area (Å²) in [6.07, 6.45) is 4.05. The molecule has 0 radical (unpaired) electrons. The lowest BCUT2D eigenvalue weighted by Gasteiger charge is -2.27. The van der Waals surface area contributed by atoms with E-state index in [0.29, 0.717) is 29.8 Å². The number of methoxy groups -OCH3 is 1. The van der Waals surface area contributed by atoms with Crippen LogP contribution in [-0.2, 0) is 4.79 Å². The van der Waals surface area contributed by atoms with Crippen molar-refractivity contribution in [3.8, 4) is 17.2 Å². The molecule has 0 bridgehead atoms. The molecule has 0 aliphatic heterocycles. The van der Waals surface area contributed by atoms with Crippen molar-refractivity contribution in [2.24, 2.45) is 0 Å². The van der Waals surface area contributed by atoms with Gasteiger partial charge in [0.05, 0.1) is 13.2 Å². The molecule has 0 amide bonds. The van der Waals surface area contributed by atoms with E-state index in [2.05, 4.69) is 0 Å². The molecule has 1 saturated carbocycles. The molecule has 0 heterocycles. The Morgan fingerprint density at radius 1 is 1.33 bits per heavy atom. The maximum absolute atomic E-state index is 11.2. The number of hydrogen-bond donors (Lipinski definition) is 0. The van der Waals surface area contributed by atoms with Gasteiger partial charge < -0.3 is 14.2 Å². The van der Waals surface area contributed by atoms with Gasteiger partial charge in [-0.1, -0.05) is 6.92 Å². The number of carbonyl (C=O) groups excluding carboxylic acids is 1. The van der Waals surface area contributed by atoms with E-state index < -0.39 is 0 Å². The Labute approximate surface area is 107 Å². The molecule has 0 saturated heterocycles. The van der Waals surface area contributed by atoms with Crippen LogP contribution in [0.2, 0.25) is 0 Å². The van der Waals surface area contributed by atoms with Gasteiger partial charge in [0.2, 0.25) is 0 Å². The summed E-state index contributed by atoms with van der Waals surface area (Å²) in [5, 5.41) is 0. The molecule has 1 aromatic carbocycles. The van der Waals surface area contributed by atoms with E-state index in [4.69, 9.17) is 14.2 Å². The molecule has 0 aromatic heterocycles. The van der Waals surface area contributed by atoms with Gasteiger partial charge in [0.1, 0.15) is 5.75 Å². The number of benzene rings is 1. The van der Waals surface area contributed by atoms with Gasteiger partial charge in [-0.05, 0) is 31.4 Å². The van der Waals surface area contributed by atoms with Crippen LogP contribution >= 0.6 is 0 Å². The number of rotatable bonds is 5. The van der Waals surface area contributed by atoms with Crippen molar-refractivity contribution in [1.29, 1.82) is 0 Å². The second-order valence-electron chi connectivity index (χ2n) is 4.31. The molecule has 0 atom stereocenters. The Bertz CT molecular complexity index is 424. The van der Waals surface area contributed by atoms with E-state index >= 15 is 0 Å². The molecular formula is C14H18O4. The third-order valence-electron chi connectivity index (χ3n) is 3.00. The summed E-state index contributed by atoms with van der Waals surface area (Å²) in [6, 6.07) is 5.20. The van der Waals surface area contributed by atoms with E-state index in [0.717, 1.165) is 12.8 Å². The van der Waals surface area contributed by atoms with Crippen molar-refractivity contribution in [3.63, 3.8) is 0 Å². The first-order valence-electron chi connectivity index (χ1n) is 6.28. The van der Waals surface area contributed by atoms with Gasteiger partial charge in [-0.15, -0.1) is 0 Å². The van der Waals surface area contributed by atoms with Crippen LogP contribution in [0.15, 0.2) is 18.2 Å². The zero-order valence-electron chi connectivity index (χ0n) is 10.8. The smallest absolute Gasteiger partial charge is 0.310 e.